The summed E-state index contributed by atoms with van der Waals surface area (Å²) >= 11 is 0. The van der Waals surface area contributed by atoms with Crippen molar-refractivity contribution in [1.29, 1.82) is 0 Å². The Morgan fingerprint density at radius 2 is 2.24 bits per heavy atom. The third kappa shape index (κ3) is 2.44. The quantitative estimate of drug-likeness (QED) is 0.867. The van der Waals surface area contributed by atoms with Crippen LogP contribution in [0.25, 0.3) is 0 Å². The van der Waals surface area contributed by atoms with Crippen molar-refractivity contribution in [2.75, 3.05) is 6.54 Å². The van der Waals surface area contributed by atoms with Crippen LogP contribution in [-0.4, -0.2) is 11.1 Å². The third-order valence-corrected chi connectivity index (χ3v) is 3.51. The average molecular weight is 234 g/mol. The van der Waals surface area contributed by atoms with E-state index in [0.29, 0.717) is 6.04 Å². The van der Waals surface area contributed by atoms with Gasteiger partial charge in [-0.05, 0) is 37.8 Å². The molecule has 0 saturated carbocycles. The maximum atomic E-state index is 11.9. The first-order valence-corrected chi connectivity index (χ1v) is 6.74. The Morgan fingerprint density at radius 3 is 2.94 bits per heavy atom. The molecule has 3 heteroatoms. The van der Waals surface area contributed by atoms with E-state index in [1.54, 1.807) is 6.07 Å². The second-order valence-electron chi connectivity index (χ2n) is 4.73. The highest BCUT2D eigenvalue weighted by atomic mass is 16.1. The van der Waals surface area contributed by atoms with Gasteiger partial charge in [-0.2, -0.15) is 0 Å². The number of hydrogen-bond acceptors (Lipinski definition) is 2. The summed E-state index contributed by atoms with van der Waals surface area (Å²) < 4.78 is 1.97. The van der Waals surface area contributed by atoms with Gasteiger partial charge in [0.2, 0.25) is 0 Å². The fourth-order valence-corrected chi connectivity index (χ4v) is 2.79. The molecule has 3 nitrogen and oxygen atoms in total. The van der Waals surface area contributed by atoms with Crippen LogP contribution in [-0.2, 0) is 13.0 Å². The van der Waals surface area contributed by atoms with Gasteiger partial charge in [0.05, 0.1) is 0 Å². The molecule has 1 heterocycles. The summed E-state index contributed by atoms with van der Waals surface area (Å²) in [6.07, 6.45) is 4.43. The predicted octanol–water partition coefficient (Wildman–Crippen LogP) is 2.25. The topological polar surface area (TPSA) is 34.0 Å². The van der Waals surface area contributed by atoms with Crippen LogP contribution in [0.1, 0.15) is 50.4 Å². The van der Waals surface area contributed by atoms with Crippen molar-refractivity contribution in [3.63, 3.8) is 0 Å². The number of pyridine rings is 1. The number of nitrogens with one attached hydrogen (secondary N) is 1. The first-order chi connectivity index (χ1) is 8.27. The molecule has 1 atom stereocenters. The molecule has 1 N–H and O–H groups in total. The third-order valence-electron chi connectivity index (χ3n) is 3.51. The normalized spacial score (nSPS) is 19.1. The first kappa shape index (κ1) is 12.4. The molecule has 94 valence electrons. The summed E-state index contributed by atoms with van der Waals surface area (Å²) in [6.45, 7) is 6.09. The smallest absolute Gasteiger partial charge is 0.250 e. The van der Waals surface area contributed by atoms with E-state index in [-0.39, 0.29) is 5.56 Å². The molecule has 1 unspecified atom stereocenters. The highest BCUT2D eigenvalue weighted by Crippen LogP contribution is 2.28. The van der Waals surface area contributed by atoms with Crippen LogP contribution in [0.4, 0.5) is 0 Å². The summed E-state index contributed by atoms with van der Waals surface area (Å²) in [5.74, 6) is 0. The molecule has 0 aromatic carbocycles. The molecule has 0 spiro atoms. The van der Waals surface area contributed by atoms with Crippen LogP contribution < -0.4 is 10.9 Å². The van der Waals surface area contributed by atoms with Crippen LogP contribution in [0.15, 0.2) is 16.9 Å². The monoisotopic (exact) mass is 234 g/mol. The maximum Gasteiger partial charge on any atom is 0.250 e. The molecule has 0 fully saturated rings. The second kappa shape index (κ2) is 5.50. The minimum atomic E-state index is 0.155. The van der Waals surface area contributed by atoms with Gasteiger partial charge in [-0.1, -0.05) is 19.9 Å². The van der Waals surface area contributed by atoms with Crippen molar-refractivity contribution >= 4 is 0 Å². The minimum Gasteiger partial charge on any atom is -0.312 e. The molecule has 2 rings (SSSR count). The first-order valence-electron chi connectivity index (χ1n) is 6.74. The number of fused-ring (bicyclic) bond motifs is 1. The molecular weight excluding hydrogens is 212 g/mol. The lowest BCUT2D eigenvalue weighted by atomic mass is 9.91. The van der Waals surface area contributed by atoms with E-state index in [0.717, 1.165) is 25.9 Å². The Labute approximate surface area is 103 Å². The molecule has 17 heavy (non-hydrogen) atoms. The Morgan fingerprint density at radius 1 is 1.41 bits per heavy atom. The van der Waals surface area contributed by atoms with Crippen LogP contribution in [0.2, 0.25) is 0 Å². The number of aromatic nitrogens is 1. The van der Waals surface area contributed by atoms with Crippen molar-refractivity contribution in [3.8, 4) is 0 Å². The fourth-order valence-electron chi connectivity index (χ4n) is 2.79. The van der Waals surface area contributed by atoms with Crippen LogP contribution in [0, 0.1) is 0 Å². The lowest BCUT2D eigenvalue weighted by molar-refractivity contribution is 0.448. The Balaban J connectivity index is 2.43. The predicted molar refractivity (Wildman–Crippen MR) is 70.3 cm³/mol. The highest BCUT2D eigenvalue weighted by molar-refractivity contribution is 5.27. The second-order valence-corrected chi connectivity index (χ2v) is 4.73. The molecule has 1 aromatic rings. The van der Waals surface area contributed by atoms with E-state index >= 15 is 0 Å². The van der Waals surface area contributed by atoms with Crippen molar-refractivity contribution in [2.24, 2.45) is 0 Å². The molecule has 0 amide bonds. The molecule has 1 aliphatic rings. The zero-order valence-corrected chi connectivity index (χ0v) is 10.8. The van der Waals surface area contributed by atoms with Crippen molar-refractivity contribution < 1.29 is 0 Å². The largest absolute Gasteiger partial charge is 0.312 e. The van der Waals surface area contributed by atoms with Gasteiger partial charge in [-0.25, -0.2) is 0 Å². The Hall–Kier alpha value is -1.09. The van der Waals surface area contributed by atoms with Crippen LogP contribution >= 0.6 is 0 Å². The van der Waals surface area contributed by atoms with Crippen molar-refractivity contribution in [1.82, 2.24) is 9.88 Å². The highest BCUT2D eigenvalue weighted by Gasteiger charge is 2.21. The Kier molecular flexibility index (Phi) is 4.00. The zero-order chi connectivity index (χ0) is 12.3. The van der Waals surface area contributed by atoms with Gasteiger partial charge in [-0.15, -0.1) is 0 Å². The lowest BCUT2D eigenvalue weighted by Crippen LogP contribution is -2.31. The van der Waals surface area contributed by atoms with Gasteiger partial charge in [0, 0.05) is 24.3 Å². The molecule has 0 radical (unpaired) electrons. The number of nitrogens with zero attached hydrogens (tertiary/aromatic N) is 1. The van der Waals surface area contributed by atoms with Gasteiger partial charge in [0.15, 0.2) is 0 Å². The van der Waals surface area contributed by atoms with Crippen LogP contribution in [0.3, 0.4) is 0 Å². The summed E-state index contributed by atoms with van der Waals surface area (Å²) in [6, 6.07) is 4.19. The summed E-state index contributed by atoms with van der Waals surface area (Å²) in [5, 5.41) is 3.51. The number of hydrogen-bond donors (Lipinski definition) is 1. The van der Waals surface area contributed by atoms with E-state index in [2.05, 4.69) is 19.2 Å². The average Bonchev–Trinajstić information content (AvgIpc) is 2.34. The van der Waals surface area contributed by atoms with Crippen LogP contribution in [0.5, 0.6) is 0 Å². The van der Waals surface area contributed by atoms with Gasteiger partial charge in [-0.3, -0.25) is 4.79 Å². The van der Waals surface area contributed by atoms with Gasteiger partial charge in [0.1, 0.15) is 0 Å². The SMILES string of the molecule is CCCn1c2c(ccc1=O)C(NCC)CCC2. The minimum absolute atomic E-state index is 0.155. The molecule has 0 aliphatic heterocycles. The summed E-state index contributed by atoms with van der Waals surface area (Å²) in [4.78, 5) is 11.9. The van der Waals surface area contributed by atoms with E-state index in [1.165, 1.54) is 24.1 Å². The summed E-state index contributed by atoms with van der Waals surface area (Å²) in [7, 11) is 0. The summed E-state index contributed by atoms with van der Waals surface area (Å²) in [5.41, 5.74) is 2.76. The van der Waals surface area contributed by atoms with Gasteiger partial charge >= 0.3 is 0 Å². The van der Waals surface area contributed by atoms with E-state index in [4.69, 9.17) is 0 Å². The number of rotatable bonds is 4. The molecular formula is C14H22N2O. The zero-order valence-electron chi connectivity index (χ0n) is 10.8. The maximum absolute atomic E-state index is 11.9. The standard InChI is InChI=1S/C14H22N2O/c1-3-10-16-13-7-5-6-12(15-4-2)11(13)8-9-14(16)17/h8-9,12,15H,3-7,10H2,1-2H3. The van der Waals surface area contributed by atoms with Gasteiger partial charge < -0.3 is 9.88 Å². The van der Waals surface area contributed by atoms with E-state index < -0.39 is 0 Å². The molecule has 1 aliphatic carbocycles. The lowest BCUT2D eigenvalue weighted by Gasteiger charge is -2.28. The molecule has 1 aromatic heterocycles. The van der Waals surface area contributed by atoms with E-state index in [1.807, 2.05) is 10.6 Å². The van der Waals surface area contributed by atoms with Gasteiger partial charge in [0.25, 0.3) is 5.56 Å². The van der Waals surface area contributed by atoms with Crippen molar-refractivity contribution in [3.05, 3.63) is 33.7 Å². The molecule has 0 bridgehead atoms. The Bertz CT molecular complexity index is 436. The van der Waals surface area contributed by atoms with E-state index in [9.17, 15) is 4.79 Å². The fraction of sp³-hybridized carbons (Fsp3) is 0.643. The molecule has 0 saturated heterocycles. The van der Waals surface area contributed by atoms with Crippen molar-refractivity contribution in [2.45, 2.75) is 52.1 Å².